The fourth-order valence-electron chi connectivity index (χ4n) is 2.18. The summed E-state index contributed by atoms with van der Waals surface area (Å²) >= 11 is 1.75. The van der Waals surface area contributed by atoms with Crippen LogP contribution in [0.2, 0.25) is 0 Å². The minimum atomic E-state index is -0.789. The molecule has 1 saturated heterocycles. The lowest BCUT2D eigenvalue weighted by Gasteiger charge is -2.23. The lowest BCUT2D eigenvalue weighted by atomic mass is 9.84. The van der Waals surface area contributed by atoms with Crippen LogP contribution < -0.4 is 5.32 Å². The van der Waals surface area contributed by atoms with E-state index in [1.165, 1.54) is 0 Å². The third-order valence-electron chi connectivity index (χ3n) is 3.57. The van der Waals surface area contributed by atoms with Gasteiger partial charge in [-0.3, -0.25) is 4.79 Å². The summed E-state index contributed by atoms with van der Waals surface area (Å²) < 4.78 is 0. The highest BCUT2D eigenvalue weighted by molar-refractivity contribution is 7.98. The average Bonchev–Trinajstić information content (AvgIpc) is 2.80. The van der Waals surface area contributed by atoms with Gasteiger partial charge in [-0.05, 0) is 31.3 Å². The lowest BCUT2D eigenvalue weighted by Crippen LogP contribution is -2.42. The zero-order valence-corrected chi connectivity index (χ0v) is 11.9. The molecule has 104 valence electrons. The van der Waals surface area contributed by atoms with Gasteiger partial charge < -0.3 is 15.3 Å². The van der Waals surface area contributed by atoms with Crippen LogP contribution in [0.1, 0.15) is 26.2 Å². The molecule has 0 saturated carbocycles. The predicted molar refractivity (Wildman–Crippen MR) is 72.9 cm³/mol. The van der Waals surface area contributed by atoms with E-state index in [0.717, 1.165) is 12.2 Å². The second kappa shape index (κ2) is 6.87. The molecule has 1 aliphatic rings. The first kappa shape index (κ1) is 15.1. The Morgan fingerprint density at radius 3 is 2.72 bits per heavy atom. The van der Waals surface area contributed by atoms with Gasteiger partial charge in [-0.1, -0.05) is 6.92 Å². The van der Waals surface area contributed by atoms with E-state index >= 15 is 0 Å². The maximum atomic E-state index is 11.8. The number of likely N-dealkylation sites (tertiary alicyclic amines) is 1. The molecule has 1 heterocycles. The molecule has 0 aliphatic carbocycles. The molecule has 6 heteroatoms. The van der Waals surface area contributed by atoms with Crippen LogP contribution in [0.15, 0.2) is 0 Å². The first-order valence-corrected chi connectivity index (χ1v) is 7.70. The number of aliphatic carboxylic acids is 1. The smallest absolute Gasteiger partial charge is 0.317 e. The first-order chi connectivity index (χ1) is 8.55. The minimum Gasteiger partial charge on any atom is -0.481 e. The number of hydrogen-bond acceptors (Lipinski definition) is 3. The number of carboxylic acid groups (broad SMARTS) is 1. The zero-order chi connectivity index (χ0) is 13.6. The second-order valence-corrected chi connectivity index (χ2v) is 5.67. The molecular formula is C12H22N2O3S. The molecule has 1 unspecified atom stereocenters. The summed E-state index contributed by atoms with van der Waals surface area (Å²) in [6.45, 7) is 3.39. The molecular weight excluding hydrogens is 252 g/mol. The van der Waals surface area contributed by atoms with Crippen molar-refractivity contribution in [3.63, 3.8) is 0 Å². The van der Waals surface area contributed by atoms with Gasteiger partial charge in [0, 0.05) is 19.6 Å². The lowest BCUT2D eigenvalue weighted by molar-refractivity contribution is -0.148. The van der Waals surface area contributed by atoms with Gasteiger partial charge in [-0.2, -0.15) is 11.8 Å². The molecule has 0 aromatic carbocycles. The van der Waals surface area contributed by atoms with Crippen LogP contribution in [-0.2, 0) is 4.79 Å². The molecule has 1 atom stereocenters. The quantitative estimate of drug-likeness (QED) is 0.722. The van der Waals surface area contributed by atoms with Gasteiger partial charge in [0.05, 0.1) is 5.41 Å². The molecule has 0 aromatic heterocycles. The summed E-state index contributed by atoms with van der Waals surface area (Å²) in [6, 6.07) is -0.132. The van der Waals surface area contributed by atoms with Crippen molar-refractivity contribution >= 4 is 23.8 Å². The van der Waals surface area contributed by atoms with E-state index in [1.54, 1.807) is 16.7 Å². The number of rotatable bonds is 6. The van der Waals surface area contributed by atoms with Crippen molar-refractivity contribution in [2.45, 2.75) is 26.2 Å². The van der Waals surface area contributed by atoms with Crippen LogP contribution in [0.3, 0.4) is 0 Å². The van der Waals surface area contributed by atoms with Crippen molar-refractivity contribution < 1.29 is 14.7 Å². The van der Waals surface area contributed by atoms with Gasteiger partial charge in [0.2, 0.25) is 0 Å². The predicted octanol–water partition coefficient (Wildman–Crippen LogP) is 1.64. The number of nitrogens with one attached hydrogen (secondary N) is 1. The van der Waals surface area contributed by atoms with Gasteiger partial charge in [-0.15, -0.1) is 0 Å². The molecule has 2 N–H and O–H groups in total. The molecule has 5 nitrogen and oxygen atoms in total. The molecule has 0 spiro atoms. The van der Waals surface area contributed by atoms with E-state index in [-0.39, 0.29) is 6.03 Å². The van der Waals surface area contributed by atoms with E-state index < -0.39 is 11.4 Å². The molecule has 0 aromatic rings. The minimum absolute atomic E-state index is 0.132. The SMILES string of the molecule is CCC1(C(=O)O)CCN(C(=O)NCCCSC)C1. The van der Waals surface area contributed by atoms with Gasteiger partial charge in [0.15, 0.2) is 0 Å². The van der Waals surface area contributed by atoms with E-state index in [4.69, 9.17) is 0 Å². The van der Waals surface area contributed by atoms with Crippen LogP contribution in [-0.4, -0.2) is 53.6 Å². The fraction of sp³-hybridized carbons (Fsp3) is 0.833. The van der Waals surface area contributed by atoms with Crippen molar-refractivity contribution in [3.05, 3.63) is 0 Å². The molecule has 2 amide bonds. The number of thioether (sulfide) groups is 1. The normalized spacial score (nSPS) is 23.1. The van der Waals surface area contributed by atoms with Gasteiger partial charge in [0.25, 0.3) is 0 Å². The Bertz CT molecular complexity index is 312. The van der Waals surface area contributed by atoms with Crippen LogP contribution in [0.5, 0.6) is 0 Å². The highest BCUT2D eigenvalue weighted by Gasteiger charge is 2.44. The summed E-state index contributed by atoms with van der Waals surface area (Å²) in [6.07, 6.45) is 4.10. The van der Waals surface area contributed by atoms with E-state index in [2.05, 4.69) is 5.32 Å². The number of carboxylic acids is 1. The molecule has 1 aliphatic heterocycles. The molecule has 1 rings (SSSR count). The number of urea groups is 1. The molecule has 18 heavy (non-hydrogen) atoms. The third-order valence-corrected chi connectivity index (χ3v) is 4.27. The van der Waals surface area contributed by atoms with E-state index in [1.807, 2.05) is 13.2 Å². The summed E-state index contributed by atoms with van der Waals surface area (Å²) in [7, 11) is 0. The number of carbonyl (C=O) groups excluding carboxylic acids is 1. The largest absolute Gasteiger partial charge is 0.481 e. The van der Waals surface area contributed by atoms with Crippen molar-refractivity contribution in [3.8, 4) is 0 Å². The standard InChI is InChI=1S/C12H22N2O3S/c1-3-12(10(15)16)5-7-14(9-12)11(17)13-6-4-8-18-2/h3-9H2,1-2H3,(H,13,17)(H,15,16). The Labute approximate surface area is 112 Å². The van der Waals surface area contributed by atoms with E-state index in [0.29, 0.717) is 32.5 Å². The summed E-state index contributed by atoms with van der Waals surface area (Å²) in [5.41, 5.74) is -0.739. The van der Waals surface area contributed by atoms with Gasteiger partial charge in [0.1, 0.15) is 0 Å². The van der Waals surface area contributed by atoms with Gasteiger partial charge >= 0.3 is 12.0 Å². The van der Waals surface area contributed by atoms with Crippen molar-refractivity contribution in [2.75, 3.05) is 31.6 Å². The summed E-state index contributed by atoms with van der Waals surface area (Å²) in [5.74, 6) is 0.233. The zero-order valence-electron chi connectivity index (χ0n) is 11.1. The fourth-order valence-corrected chi connectivity index (χ4v) is 2.62. The Kier molecular flexibility index (Phi) is 5.78. The Balaban J connectivity index is 2.41. The van der Waals surface area contributed by atoms with Crippen molar-refractivity contribution in [1.82, 2.24) is 10.2 Å². The molecule has 1 fully saturated rings. The topological polar surface area (TPSA) is 69.6 Å². The third kappa shape index (κ3) is 3.54. The van der Waals surface area contributed by atoms with Crippen molar-refractivity contribution in [2.24, 2.45) is 5.41 Å². The molecule has 0 radical (unpaired) electrons. The Morgan fingerprint density at radius 2 is 2.22 bits per heavy atom. The van der Waals surface area contributed by atoms with Crippen LogP contribution in [0.25, 0.3) is 0 Å². The highest BCUT2D eigenvalue weighted by atomic mass is 32.2. The van der Waals surface area contributed by atoms with Gasteiger partial charge in [-0.25, -0.2) is 4.79 Å². The number of nitrogens with zero attached hydrogens (tertiary/aromatic N) is 1. The monoisotopic (exact) mass is 274 g/mol. The maximum absolute atomic E-state index is 11.8. The first-order valence-electron chi connectivity index (χ1n) is 6.31. The average molecular weight is 274 g/mol. The van der Waals surface area contributed by atoms with E-state index in [9.17, 15) is 14.7 Å². The van der Waals surface area contributed by atoms with Crippen LogP contribution in [0, 0.1) is 5.41 Å². The number of carbonyl (C=O) groups is 2. The summed E-state index contributed by atoms with van der Waals surface area (Å²) in [4.78, 5) is 24.7. The molecule has 0 bridgehead atoms. The number of hydrogen-bond donors (Lipinski definition) is 2. The van der Waals surface area contributed by atoms with Crippen LogP contribution >= 0.6 is 11.8 Å². The van der Waals surface area contributed by atoms with Crippen molar-refractivity contribution in [1.29, 1.82) is 0 Å². The summed E-state index contributed by atoms with van der Waals surface area (Å²) in [5, 5.41) is 12.1. The Hall–Kier alpha value is -0.910. The maximum Gasteiger partial charge on any atom is 0.317 e. The number of amides is 2. The highest BCUT2D eigenvalue weighted by Crippen LogP contribution is 2.34. The Morgan fingerprint density at radius 1 is 1.50 bits per heavy atom. The second-order valence-electron chi connectivity index (χ2n) is 4.69. The van der Waals surface area contributed by atoms with Crippen LogP contribution in [0.4, 0.5) is 4.79 Å².